The SMILES string of the molecule is CCCCCC(CCCCCCCCC(=O)CCCCCCCCCCCCC(=O)N(C)CC(=O)O)OC1OC(CO)C(OC2OC(COC(C)=O)C(OC3OC(CO)C(O)C(OC4OC(COC(C)=O)C(O)C(O)C4O)C3O)C(O)C2OC2OC(COC(C)=O)C(OC(C)=O)C(OC(C)=O)C2OC(C)=O)C(O)C1OC1OC(COC(C)=O)C(OC(C)=O)C(OC(C)=O)C1OC(C)=O. The number of esters is 10. The Morgan fingerprint density at radius 3 is 1.02 bits per heavy atom. The number of likely N-dealkylation sites (N-methyl/N-ethyl adjacent to an activating group) is 1. The van der Waals surface area contributed by atoms with E-state index in [0.29, 0.717) is 70.6 Å². The number of carboxylic acid groups (broad SMARTS) is 1. The zero-order valence-corrected chi connectivity index (χ0v) is 77.5. The molecule has 31 atom stereocenters. The van der Waals surface area contributed by atoms with Crippen LogP contribution in [0.3, 0.4) is 0 Å². The molecule has 0 bridgehead atoms. The van der Waals surface area contributed by atoms with Gasteiger partial charge in [-0.15, -0.1) is 0 Å². The van der Waals surface area contributed by atoms with Crippen molar-refractivity contribution < 1.29 is 218 Å². The number of aliphatic hydroxyl groups excluding tert-OH is 9. The molecule has 1 amide bonds. The highest BCUT2D eigenvalue weighted by Gasteiger charge is 2.62. The van der Waals surface area contributed by atoms with Crippen molar-refractivity contribution in [2.75, 3.05) is 53.2 Å². The molecular formula is C87H139NO45. The quantitative estimate of drug-likeness (QED) is 0.0225. The fourth-order valence-electron chi connectivity index (χ4n) is 16.3. The Morgan fingerprint density at radius 1 is 0.293 bits per heavy atom. The molecule has 6 heterocycles. The minimum Gasteiger partial charge on any atom is -0.480 e. The summed E-state index contributed by atoms with van der Waals surface area (Å²) in [6.45, 7) is 5.52. The molecule has 0 aromatic heterocycles. The second-order valence-corrected chi connectivity index (χ2v) is 33.8. The van der Waals surface area contributed by atoms with Crippen molar-refractivity contribution in [3.63, 3.8) is 0 Å². The Labute approximate surface area is 770 Å². The summed E-state index contributed by atoms with van der Waals surface area (Å²) in [4.78, 5) is 166. The van der Waals surface area contributed by atoms with E-state index >= 15 is 0 Å². The van der Waals surface area contributed by atoms with Crippen LogP contribution in [0.25, 0.3) is 0 Å². The average Bonchev–Trinajstić information content (AvgIpc) is 0.752. The van der Waals surface area contributed by atoms with Crippen LogP contribution >= 0.6 is 0 Å². The van der Waals surface area contributed by atoms with Crippen LogP contribution in [0.5, 0.6) is 0 Å². The van der Waals surface area contributed by atoms with Gasteiger partial charge in [-0.25, -0.2) is 0 Å². The Balaban J connectivity index is 1.38. The first-order valence-electron chi connectivity index (χ1n) is 45.5. The average molecular weight is 1920 g/mol. The number of unbranched alkanes of at least 4 members (excludes halogenated alkanes) is 16. The molecule has 6 saturated heterocycles. The summed E-state index contributed by atoms with van der Waals surface area (Å²) in [6.07, 6.45) is -45.8. The first-order chi connectivity index (χ1) is 63.1. The largest absolute Gasteiger partial charge is 0.480 e. The fourth-order valence-corrected chi connectivity index (χ4v) is 16.3. The standard InChI is InChI=1S/C87H139NO45/c1-13-14-27-34-55(35-30-25-22-21-24-29-33-54(101)32-28-23-19-17-15-16-18-20-26-31-36-62(102)88(12)37-63(103)104)122-84-76(132-86-80(120-52(10)99)78(118-50(8)97)73(116-48(6)95)60(127-86)42-114-46(4)93)68(109)71(57(39-90)124-84)130-85-77(133-87-81(121-53(11)100)79(119-51(9)98)74(117-49(7)96)61(128-87)43-115-47(5)94)69(110)72(59(126-85)41-113-45(3)92)129-83-70(111)75(65(106)56(38-89)123-83)131-82-67(108)66(107)64(105)58(125-82)40-112-44(2)91/h55-61,64-87,89-90,105-111H,13-43H2,1-12H3,(H,103,104). The van der Waals surface area contributed by atoms with E-state index < -0.39 is 296 Å². The highest BCUT2D eigenvalue weighted by atomic mass is 16.8. The molecule has 762 valence electrons. The van der Waals surface area contributed by atoms with E-state index in [0.717, 1.165) is 153 Å². The Bertz CT molecular complexity index is 3630. The number of carbonyl (C=O) groups excluding carboxylic acids is 12. The van der Waals surface area contributed by atoms with Gasteiger partial charge >= 0.3 is 65.7 Å². The van der Waals surface area contributed by atoms with E-state index in [9.17, 15) is 108 Å². The summed E-state index contributed by atoms with van der Waals surface area (Å²) in [5.74, 6) is -11.3. The topological polar surface area (TPSA) is 631 Å². The van der Waals surface area contributed by atoms with Crippen molar-refractivity contribution >= 4 is 77.4 Å². The lowest BCUT2D eigenvalue weighted by atomic mass is 9.94. The van der Waals surface area contributed by atoms with Gasteiger partial charge in [0, 0.05) is 95.5 Å². The number of nitrogens with zero attached hydrogens (tertiary/aromatic N) is 1. The van der Waals surface area contributed by atoms with E-state index in [2.05, 4.69) is 0 Å². The lowest BCUT2D eigenvalue weighted by Gasteiger charge is -2.52. The number of ketones is 1. The van der Waals surface area contributed by atoms with Crippen molar-refractivity contribution in [1.82, 2.24) is 4.90 Å². The third-order valence-corrected chi connectivity index (χ3v) is 22.7. The third kappa shape index (κ3) is 37.4. The molecule has 6 aliphatic rings. The number of aliphatic hydroxyl groups is 9. The number of carboxylic acids is 1. The van der Waals surface area contributed by atoms with E-state index in [4.69, 9.17) is 109 Å². The van der Waals surface area contributed by atoms with Gasteiger partial charge in [0.1, 0.15) is 149 Å². The maximum absolute atomic E-state index is 13.5. The number of amides is 1. The molecular weight excluding hydrogens is 1780 g/mol. The molecule has 133 heavy (non-hydrogen) atoms. The van der Waals surface area contributed by atoms with Gasteiger partial charge in [-0.3, -0.25) is 62.3 Å². The molecule has 6 rings (SSSR count). The van der Waals surface area contributed by atoms with Crippen molar-refractivity contribution in [2.24, 2.45) is 0 Å². The van der Waals surface area contributed by atoms with Gasteiger partial charge < -0.3 is 160 Å². The molecule has 0 aromatic carbocycles. The number of aliphatic carboxylic acids is 1. The molecule has 10 N–H and O–H groups in total. The molecule has 0 aliphatic carbocycles. The monoisotopic (exact) mass is 1920 g/mol. The van der Waals surface area contributed by atoms with E-state index in [1.807, 2.05) is 6.92 Å². The number of Topliss-reactive ketones (excluding diaryl/α,β-unsaturated/α-hetero) is 1. The minimum absolute atomic E-state index is 0.181. The first kappa shape index (κ1) is 114. The zero-order chi connectivity index (χ0) is 98.5. The molecule has 46 nitrogen and oxygen atoms in total. The van der Waals surface area contributed by atoms with Crippen LogP contribution < -0.4 is 0 Å². The predicted molar refractivity (Wildman–Crippen MR) is 444 cm³/mol. The number of hydrogen-bond acceptors (Lipinski definition) is 44. The molecule has 6 fully saturated rings. The van der Waals surface area contributed by atoms with E-state index in [1.165, 1.54) is 11.9 Å². The minimum atomic E-state index is -2.55. The second-order valence-electron chi connectivity index (χ2n) is 33.8. The highest BCUT2D eigenvalue weighted by Crippen LogP contribution is 2.42. The summed E-state index contributed by atoms with van der Waals surface area (Å²) in [5.41, 5.74) is 0. The van der Waals surface area contributed by atoms with Gasteiger partial charge in [-0.2, -0.15) is 0 Å². The second kappa shape index (κ2) is 58.3. The van der Waals surface area contributed by atoms with Crippen LogP contribution in [0.15, 0.2) is 0 Å². The number of ether oxygens (including phenoxy) is 22. The van der Waals surface area contributed by atoms with E-state index in [1.54, 1.807) is 0 Å². The van der Waals surface area contributed by atoms with Crippen molar-refractivity contribution in [1.29, 1.82) is 0 Å². The van der Waals surface area contributed by atoms with Crippen LogP contribution in [0.2, 0.25) is 0 Å². The summed E-state index contributed by atoms with van der Waals surface area (Å²) < 4.78 is 132. The molecule has 0 radical (unpaired) electrons. The molecule has 6 aliphatic heterocycles. The maximum Gasteiger partial charge on any atom is 0.323 e. The summed E-state index contributed by atoms with van der Waals surface area (Å²) in [7, 11) is 1.48. The Morgan fingerprint density at radius 2 is 0.609 bits per heavy atom. The van der Waals surface area contributed by atoms with Crippen molar-refractivity contribution in [3.05, 3.63) is 0 Å². The molecule has 46 heteroatoms. The van der Waals surface area contributed by atoms with Gasteiger partial charge in [0.2, 0.25) is 5.91 Å². The van der Waals surface area contributed by atoms with Crippen LogP contribution in [0.4, 0.5) is 0 Å². The summed E-state index contributed by atoms with van der Waals surface area (Å²) in [5, 5.41) is 115. The van der Waals surface area contributed by atoms with Gasteiger partial charge in [0.15, 0.2) is 74.4 Å². The van der Waals surface area contributed by atoms with Crippen molar-refractivity contribution in [2.45, 2.75) is 421 Å². The van der Waals surface area contributed by atoms with Gasteiger partial charge in [-0.1, -0.05) is 110 Å². The van der Waals surface area contributed by atoms with Crippen LogP contribution in [0.1, 0.15) is 230 Å². The van der Waals surface area contributed by atoms with Gasteiger partial charge in [0.25, 0.3) is 0 Å². The van der Waals surface area contributed by atoms with Crippen LogP contribution in [-0.2, 0) is 167 Å². The van der Waals surface area contributed by atoms with Gasteiger partial charge in [0.05, 0.1) is 19.3 Å². The Hall–Kier alpha value is -7.53. The summed E-state index contributed by atoms with van der Waals surface area (Å²) in [6, 6.07) is 0. The highest BCUT2D eigenvalue weighted by molar-refractivity contribution is 5.81. The lowest BCUT2D eigenvalue weighted by molar-refractivity contribution is -0.412. The van der Waals surface area contributed by atoms with Crippen LogP contribution in [-0.4, -0.2) is 377 Å². The zero-order valence-electron chi connectivity index (χ0n) is 77.5. The molecule has 31 unspecified atom stereocenters. The predicted octanol–water partition coefficient (Wildman–Crippen LogP) is 0.495. The van der Waals surface area contributed by atoms with Crippen molar-refractivity contribution in [3.8, 4) is 0 Å². The van der Waals surface area contributed by atoms with Gasteiger partial charge in [-0.05, 0) is 32.1 Å². The maximum atomic E-state index is 13.5. The fraction of sp³-hybridized carbons (Fsp3) is 0.851. The third-order valence-electron chi connectivity index (χ3n) is 22.7. The molecule has 0 aromatic rings. The van der Waals surface area contributed by atoms with Crippen LogP contribution in [0, 0.1) is 0 Å². The Kier molecular flexibility index (Phi) is 50.0. The number of carbonyl (C=O) groups is 13. The normalized spacial score (nSPS) is 32.4. The molecule has 0 spiro atoms. The number of hydrogen-bond donors (Lipinski definition) is 10. The number of rotatable bonds is 56. The van der Waals surface area contributed by atoms with E-state index in [-0.39, 0.29) is 18.2 Å². The molecule has 0 saturated carbocycles. The summed E-state index contributed by atoms with van der Waals surface area (Å²) >= 11 is 0. The first-order valence-corrected chi connectivity index (χ1v) is 45.5. The lowest BCUT2D eigenvalue weighted by Crippen LogP contribution is -2.70. The smallest absolute Gasteiger partial charge is 0.323 e.